The van der Waals surface area contributed by atoms with Crippen molar-refractivity contribution in [2.24, 2.45) is 0 Å². The van der Waals surface area contributed by atoms with Crippen LogP contribution in [0.2, 0.25) is 0 Å². The molecule has 0 radical (unpaired) electrons. The lowest BCUT2D eigenvalue weighted by atomic mass is 10.1. The van der Waals surface area contributed by atoms with Crippen molar-refractivity contribution in [2.45, 2.75) is 6.92 Å². The Morgan fingerprint density at radius 1 is 1.33 bits per heavy atom. The maximum absolute atomic E-state index is 12.3. The molecule has 0 atom stereocenters. The smallest absolute Gasteiger partial charge is 0.337 e. The molecule has 7 nitrogen and oxygen atoms in total. The van der Waals surface area contributed by atoms with Gasteiger partial charge >= 0.3 is 16.2 Å². The Labute approximate surface area is 124 Å². The quantitative estimate of drug-likeness (QED) is 0.783. The Kier molecular flexibility index (Phi) is 4.81. The van der Waals surface area contributed by atoms with E-state index in [4.69, 9.17) is 0 Å². The molecule has 1 heterocycles. The molecule has 1 aliphatic rings. The highest BCUT2D eigenvalue weighted by atomic mass is 32.2. The van der Waals surface area contributed by atoms with Crippen LogP contribution in [0.3, 0.4) is 0 Å². The fourth-order valence-electron chi connectivity index (χ4n) is 2.11. The zero-order chi connectivity index (χ0) is 15.5. The van der Waals surface area contributed by atoms with Gasteiger partial charge in [0.15, 0.2) is 0 Å². The molecule has 116 valence electrons. The monoisotopic (exact) mass is 313 g/mol. The van der Waals surface area contributed by atoms with Gasteiger partial charge in [-0.15, -0.1) is 0 Å². The van der Waals surface area contributed by atoms with Gasteiger partial charge in [0.25, 0.3) is 0 Å². The predicted octanol–water partition coefficient (Wildman–Crippen LogP) is 0.344. The minimum atomic E-state index is -3.57. The predicted molar refractivity (Wildman–Crippen MR) is 79.5 cm³/mol. The Morgan fingerprint density at radius 2 is 2.00 bits per heavy atom. The van der Waals surface area contributed by atoms with Gasteiger partial charge in [-0.3, -0.25) is 4.72 Å². The summed E-state index contributed by atoms with van der Waals surface area (Å²) in [4.78, 5) is 11.4. The van der Waals surface area contributed by atoms with Crippen LogP contribution in [-0.2, 0) is 14.9 Å². The molecule has 1 fully saturated rings. The molecule has 0 aliphatic carbocycles. The van der Waals surface area contributed by atoms with Crippen molar-refractivity contribution < 1.29 is 17.9 Å². The number of carbonyl (C=O) groups is 1. The number of nitrogens with zero attached hydrogens (tertiary/aromatic N) is 1. The van der Waals surface area contributed by atoms with Gasteiger partial charge in [0, 0.05) is 26.2 Å². The molecule has 8 heteroatoms. The standard InChI is InChI=1S/C13H19N3O4S/c1-10-9-11(13(17)20-2)3-4-12(10)15-21(18,19)16-7-5-14-6-8-16/h3-4,9,14-15H,5-8H2,1-2H3. The lowest BCUT2D eigenvalue weighted by Gasteiger charge is -2.27. The van der Waals surface area contributed by atoms with E-state index in [0.717, 1.165) is 0 Å². The summed E-state index contributed by atoms with van der Waals surface area (Å²) in [6, 6.07) is 4.71. The summed E-state index contributed by atoms with van der Waals surface area (Å²) in [5, 5.41) is 3.10. The molecule has 2 rings (SSSR count). The second-order valence-corrected chi connectivity index (χ2v) is 6.45. The molecule has 1 saturated heterocycles. The number of aryl methyl sites for hydroxylation is 1. The number of methoxy groups -OCH3 is 1. The van der Waals surface area contributed by atoms with E-state index in [0.29, 0.717) is 43.0 Å². The van der Waals surface area contributed by atoms with Crippen LogP contribution in [0.5, 0.6) is 0 Å². The third-order valence-corrected chi connectivity index (χ3v) is 4.83. The highest BCUT2D eigenvalue weighted by Gasteiger charge is 2.24. The number of benzene rings is 1. The first-order valence-electron chi connectivity index (χ1n) is 6.61. The number of rotatable bonds is 4. The van der Waals surface area contributed by atoms with Crippen LogP contribution in [-0.4, -0.2) is 52.0 Å². The Balaban J connectivity index is 2.17. The maximum atomic E-state index is 12.3. The summed E-state index contributed by atoms with van der Waals surface area (Å²) < 4.78 is 33.1. The third-order valence-electron chi connectivity index (χ3n) is 3.30. The van der Waals surface area contributed by atoms with Gasteiger partial charge in [-0.05, 0) is 30.7 Å². The van der Waals surface area contributed by atoms with Crippen LogP contribution >= 0.6 is 0 Å². The molecule has 1 aromatic carbocycles. The highest BCUT2D eigenvalue weighted by Crippen LogP contribution is 2.19. The first-order valence-corrected chi connectivity index (χ1v) is 8.05. The van der Waals surface area contributed by atoms with Crippen LogP contribution < -0.4 is 10.0 Å². The molecule has 2 N–H and O–H groups in total. The van der Waals surface area contributed by atoms with Crippen molar-refractivity contribution in [3.63, 3.8) is 0 Å². The largest absolute Gasteiger partial charge is 0.465 e. The van der Waals surface area contributed by atoms with Gasteiger partial charge < -0.3 is 10.1 Å². The van der Waals surface area contributed by atoms with Crippen molar-refractivity contribution in [1.82, 2.24) is 9.62 Å². The first-order chi connectivity index (χ1) is 9.94. The van der Waals surface area contributed by atoms with Crippen molar-refractivity contribution in [1.29, 1.82) is 0 Å². The number of piperazine rings is 1. The first kappa shape index (κ1) is 15.7. The lowest BCUT2D eigenvalue weighted by molar-refractivity contribution is 0.0600. The minimum Gasteiger partial charge on any atom is -0.465 e. The van der Waals surface area contributed by atoms with Gasteiger partial charge in [-0.2, -0.15) is 12.7 Å². The van der Waals surface area contributed by atoms with E-state index in [2.05, 4.69) is 14.8 Å². The Hall–Kier alpha value is -1.64. The average Bonchev–Trinajstić information content (AvgIpc) is 2.49. The summed E-state index contributed by atoms with van der Waals surface area (Å²) in [5.41, 5.74) is 1.51. The van der Waals surface area contributed by atoms with Crippen molar-refractivity contribution >= 4 is 21.9 Å². The molecule has 0 amide bonds. The molecular weight excluding hydrogens is 294 g/mol. The number of esters is 1. The van der Waals surface area contributed by atoms with Crippen LogP contribution in [0.1, 0.15) is 15.9 Å². The summed E-state index contributed by atoms with van der Waals surface area (Å²) in [6.07, 6.45) is 0. The zero-order valence-electron chi connectivity index (χ0n) is 12.0. The van der Waals surface area contributed by atoms with Gasteiger partial charge in [0.2, 0.25) is 0 Å². The number of hydrogen-bond acceptors (Lipinski definition) is 5. The zero-order valence-corrected chi connectivity index (χ0v) is 12.9. The molecule has 0 aromatic heterocycles. The van der Waals surface area contributed by atoms with Crippen LogP contribution in [0, 0.1) is 6.92 Å². The molecular formula is C13H19N3O4S. The van der Waals surface area contributed by atoms with Crippen LogP contribution in [0.15, 0.2) is 18.2 Å². The summed E-state index contributed by atoms with van der Waals surface area (Å²) in [7, 11) is -2.27. The number of nitrogens with one attached hydrogen (secondary N) is 2. The van der Waals surface area contributed by atoms with Crippen molar-refractivity contribution in [3.05, 3.63) is 29.3 Å². The third kappa shape index (κ3) is 3.72. The molecule has 0 saturated carbocycles. The lowest BCUT2D eigenvalue weighted by Crippen LogP contribution is -2.48. The van der Waals surface area contributed by atoms with Crippen molar-refractivity contribution in [3.8, 4) is 0 Å². The molecule has 21 heavy (non-hydrogen) atoms. The van der Waals surface area contributed by atoms with Gasteiger partial charge in [0.1, 0.15) is 0 Å². The van der Waals surface area contributed by atoms with Gasteiger partial charge in [-0.1, -0.05) is 0 Å². The van der Waals surface area contributed by atoms with Crippen molar-refractivity contribution in [2.75, 3.05) is 38.0 Å². The van der Waals surface area contributed by atoms with Crippen LogP contribution in [0.25, 0.3) is 0 Å². The van der Waals surface area contributed by atoms with E-state index >= 15 is 0 Å². The Morgan fingerprint density at radius 3 is 2.57 bits per heavy atom. The molecule has 1 aromatic rings. The fraction of sp³-hybridized carbons (Fsp3) is 0.462. The second-order valence-electron chi connectivity index (χ2n) is 4.78. The van der Waals surface area contributed by atoms with E-state index in [-0.39, 0.29) is 0 Å². The normalized spacial score (nSPS) is 16.5. The maximum Gasteiger partial charge on any atom is 0.337 e. The SMILES string of the molecule is COC(=O)c1ccc(NS(=O)(=O)N2CCNCC2)c(C)c1. The van der Waals surface area contributed by atoms with E-state index in [1.165, 1.54) is 17.5 Å². The molecule has 0 spiro atoms. The van der Waals surface area contributed by atoms with E-state index in [9.17, 15) is 13.2 Å². The molecule has 0 unspecified atom stereocenters. The fourth-order valence-corrected chi connectivity index (χ4v) is 3.41. The van der Waals surface area contributed by atoms with E-state index < -0.39 is 16.2 Å². The molecule has 0 bridgehead atoms. The molecule has 1 aliphatic heterocycles. The van der Waals surface area contributed by atoms with E-state index in [1.54, 1.807) is 19.1 Å². The number of anilines is 1. The topological polar surface area (TPSA) is 87.7 Å². The minimum absolute atomic E-state index is 0.389. The number of carbonyl (C=O) groups excluding carboxylic acids is 1. The van der Waals surface area contributed by atoms with E-state index in [1.807, 2.05) is 0 Å². The average molecular weight is 313 g/mol. The van der Waals surface area contributed by atoms with Gasteiger partial charge in [-0.25, -0.2) is 4.79 Å². The second kappa shape index (κ2) is 6.42. The highest BCUT2D eigenvalue weighted by molar-refractivity contribution is 7.90. The summed E-state index contributed by atoms with van der Waals surface area (Å²) >= 11 is 0. The van der Waals surface area contributed by atoms with Gasteiger partial charge in [0.05, 0.1) is 18.4 Å². The summed E-state index contributed by atoms with van der Waals surface area (Å²) in [6.45, 7) is 3.90. The number of hydrogen-bond donors (Lipinski definition) is 2. The Bertz CT molecular complexity index is 624. The van der Waals surface area contributed by atoms with Crippen LogP contribution in [0.4, 0.5) is 5.69 Å². The summed E-state index contributed by atoms with van der Waals surface area (Å²) in [5.74, 6) is -0.449. The number of ether oxygens (including phenoxy) is 1.